The molecule has 11 heteroatoms. The highest BCUT2D eigenvalue weighted by molar-refractivity contribution is 5.75. The highest BCUT2D eigenvalue weighted by Crippen LogP contribution is 2.42. The average Bonchev–Trinajstić information content (AvgIpc) is 3.33. The molecule has 4 aromatic rings. The summed E-state index contributed by atoms with van der Waals surface area (Å²) in [4.78, 5) is 18.2. The second-order valence-corrected chi connectivity index (χ2v) is 8.92. The number of imidazole rings is 1. The van der Waals surface area contributed by atoms with E-state index in [4.69, 9.17) is 4.98 Å². The Balaban J connectivity index is 1.49. The van der Waals surface area contributed by atoms with Crippen molar-refractivity contribution in [3.05, 3.63) is 41.4 Å². The van der Waals surface area contributed by atoms with Gasteiger partial charge in [-0.05, 0) is 44.7 Å². The Hall–Kier alpha value is -3.34. The van der Waals surface area contributed by atoms with E-state index in [0.29, 0.717) is 41.3 Å². The molecular formula is C21H24F2N8O. The van der Waals surface area contributed by atoms with Crippen LogP contribution in [0, 0.1) is 11.6 Å². The number of likely N-dealkylation sites (N-methyl/N-ethyl adjacent to an activating group) is 1. The zero-order valence-electron chi connectivity index (χ0n) is 18.0. The predicted octanol–water partition coefficient (Wildman–Crippen LogP) is 2.98. The van der Waals surface area contributed by atoms with Crippen molar-refractivity contribution in [1.29, 1.82) is 0 Å². The molecule has 3 aromatic heterocycles. The number of anilines is 2. The lowest BCUT2D eigenvalue weighted by Gasteiger charge is -2.25. The van der Waals surface area contributed by atoms with Gasteiger partial charge in [-0.2, -0.15) is 19.6 Å². The Kier molecular flexibility index (Phi) is 4.73. The number of fused-ring (bicyclic) bond motifs is 2. The number of hydrogen-bond acceptors (Lipinski definition) is 7. The normalized spacial score (nSPS) is 14.4. The second kappa shape index (κ2) is 7.37. The van der Waals surface area contributed by atoms with Crippen molar-refractivity contribution in [2.75, 3.05) is 23.8 Å². The Bertz CT molecular complexity index is 1300. The summed E-state index contributed by atoms with van der Waals surface area (Å²) in [5.41, 5.74) is 1.21. The van der Waals surface area contributed by atoms with E-state index in [9.17, 15) is 13.9 Å². The Labute approximate surface area is 182 Å². The van der Waals surface area contributed by atoms with Gasteiger partial charge in [-0.1, -0.05) is 0 Å². The van der Waals surface area contributed by atoms with Gasteiger partial charge in [-0.25, -0.2) is 13.8 Å². The number of nitrogens with one attached hydrogen (secondary N) is 2. The number of hydrogen-bond donors (Lipinski definition) is 3. The summed E-state index contributed by atoms with van der Waals surface area (Å²) in [6.07, 6.45) is 4.01. The van der Waals surface area contributed by atoms with Crippen molar-refractivity contribution < 1.29 is 13.9 Å². The van der Waals surface area contributed by atoms with Crippen LogP contribution in [-0.2, 0) is 6.54 Å². The van der Waals surface area contributed by atoms with Crippen molar-refractivity contribution in [3.63, 3.8) is 0 Å². The number of aromatic amines is 1. The molecule has 1 aliphatic carbocycles. The molecule has 3 N–H and O–H groups in total. The van der Waals surface area contributed by atoms with Crippen molar-refractivity contribution in [2.24, 2.45) is 0 Å². The minimum Gasteiger partial charge on any atom is -0.389 e. The maximum Gasteiger partial charge on any atom is 0.230 e. The monoisotopic (exact) mass is 442 g/mol. The molecule has 1 aromatic carbocycles. The number of aliphatic hydroxyl groups is 1. The Morgan fingerprint density at radius 3 is 2.75 bits per heavy atom. The molecule has 168 valence electrons. The van der Waals surface area contributed by atoms with Crippen LogP contribution in [0.3, 0.4) is 0 Å². The molecule has 3 heterocycles. The topological polar surface area (TPSA) is 107 Å². The fourth-order valence-electron chi connectivity index (χ4n) is 3.82. The molecule has 0 saturated heterocycles. The van der Waals surface area contributed by atoms with Crippen molar-refractivity contribution in [1.82, 2.24) is 29.5 Å². The van der Waals surface area contributed by atoms with Gasteiger partial charge in [0.1, 0.15) is 11.3 Å². The third kappa shape index (κ3) is 3.83. The summed E-state index contributed by atoms with van der Waals surface area (Å²) < 4.78 is 29.1. The van der Waals surface area contributed by atoms with Gasteiger partial charge in [-0.3, -0.25) is 0 Å². The van der Waals surface area contributed by atoms with Gasteiger partial charge >= 0.3 is 0 Å². The van der Waals surface area contributed by atoms with E-state index in [2.05, 4.69) is 25.4 Å². The van der Waals surface area contributed by atoms with Crippen LogP contribution in [-0.4, -0.2) is 53.9 Å². The SMILES string of the molecule is CN(CC(C)(C)O)c1nc(NCc2nc3c(F)c(F)ccc3[nH]2)n2ncc(C3CC3)c2n1. The predicted molar refractivity (Wildman–Crippen MR) is 116 cm³/mol. The largest absolute Gasteiger partial charge is 0.389 e. The van der Waals surface area contributed by atoms with Crippen LogP contribution in [0.15, 0.2) is 18.3 Å². The average molecular weight is 442 g/mol. The molecule has 1 saturated carbocycles. The van der Waals surface area contributed by atoms with Gasteiger partial charge in [0.15, 0.2) is 17.3 Å². The van der Waals surface area contributed by atoms with E-state index in [1.807, 2.05) is 13.2 Å². The summed E-state index contributed by atoms with van der Waals surface area (Å²) >= 11 is 0. The first-order valence-electron chi connectivity index (χ1n) is 10.5. The van der Waals surface area contributed by atoms with E-state index < -0.39 is 17.2 Å². The number of H-pyrrole nitrogens is 1. The lowest BCUT2D eigenvalue weighted by molar-refractivity contribution is 0.0883. The lowest BCUT2D eigenvalue weighted by Crippen LogP contribution is -2.37. The first kappa shape index (κ1) is 20.6. The third-order valence-electron chi connectivity index (χ3n) is 5.37. The van der Waals surface area contributed by atoms with Crippen LogP contribution in [0.25, 0.3) is 16.7 Å². The molecule has 1 fully saturated rings. The van der Waals surface area contributed by atoms with Gasteiger partial charge < -0.3 is 20.3 Å². The first-order chi connectivity index (χ1) is 15.2. The molecule has 0 spiro atoms. The standard InChI is InChI=1S/C21H24F2N8O/c1-21(2,32)10-30(3)20-28-18-12(11-4-5-11)8-25-31(18)19(29-20)24-9-15-26-14-7-6-13(22)16(23)17(14)27-15/h6-8,11,32H,4-5,9-10H2,1-3H3,(H,26,27)(H,24,28,29). The molecule has 0 bridgehead atoms. The van der Waals surface area contributed by atoms with Crippen molar-refractivity contribution in [2.45, 2.75) is 44.8 Å². The van der Waals surface area contributed by atoms with Gasteiger partial charge in [-0.15, -0.1) is 0 Å². The molecule has 0 unspecified atom stereocenters. The van der Waals surface area contributed by atoms with Crippen molar-refractivity contribution in [3.8, 4) is 0 Å². The molecule has 0 radical (unpaired) electrons. The Morgan fingerprint density at radius 1 is 1.25 bits per heavy atom. The zero-order valence-corrected chi connectivity index (χ0v) is 18.0. The van der Waals surface area contributed by atoms with Crippen LogP contribution in [0.4, 0.5) is 20.7 Å². The molecule has 9 nitrogen and oxygen atoms in total. The number of halogens is 2. The van der Waals surface area contributed by atoms with Crippen LogP contribution in [0.5, 0.6) is 0 Å². The van der Waals surface area contributed by atoms with Gasteiger partial charge in [0, 0.05) is 19.2 Å². The Morgan fingerprint density at radius 2 is 2.03 bits per heavy atom. The zero-order chi connectivity index (χ0) is 22.6. The fraction of sp³-hybridized carbons (Fsp3) is 0.429. The van der Waals surface area contributed by atoms with E-state index in [1.165, 1.54) is 6.07 Å². The summed E-state index contributed by atoms with van der Waals surface area (Å²) in [6, 6.07) is 2.52. The molecule has 32 heavy (non-hydrogen) atoms. The number of benzene rings is 1. The van der Waals surface area contributed by atoms with Gasteiger partial charge in [0.05, 0.1) is 23.9 Å². The summed E-state index contributed by atoms with van der Waals surface area (Å²) in [7, 11) is 1.82. The number of rotatable bonds is 7. The smallest absolute Gasteiger partial charge is 0.230 e. The molecule has 0 amide bonds. The van der Waals surface area contributed by atoms with Crippen LogP contribution < -0.4 is 10.2 Å². The van der Waals surface area contributed by atoms with E-state index in [-0.39, 0.29) is 12.1 Å². The van der Waals surface area contributed by atoms with Gasteiger partial charge in [0.2, 0.25) is 11.9 Å². The minimum atomic E-state index is -0.980. The molecule has 1 aliphatic rings. The quantitative estimate of drug-likeness (QED) is 0.404. The highest BCUT2D eigenvalue weighted by Gasteiger charge is 2.29. The minimum absolute atomic E-state index is 0.0460. The summed E-state index contributed by atoms with van der Waals surface area (Å²) in [5, 5.41) is 17.8. The van der Waals surface area contributed by atoms with E-state index >= 15 is 0 Å². The van der Waals surface area contributed by atoms with Crippen LogP contribution in [0.1, 0.15) is 44.0 Å². The summed E-state index contributed by atoms with van der Waals surface area (Å²) in [5.74, 6) is -0.169. The molecular weight excluding hydrogens is 418 g/mol. The number of nitrogens with zero attached hydrogens (tertiary/aromatic N) is 6. The third-order valence-corrected chi connectivity index (χ3v) is 5.37. The van der Waals surface area contributed by atoms with E-state index in [0.717, 1.165) is 24.5 Å². The maximum absolute atomic E-state index is 14.0. The first-order valence-corrected chi connectivity index (χ1v) is 10.5. The van der Waals surface area contributed by atoms with Crippen molar-refractivity contribution >= 4 is 28.6 Å². The number of aromatic nitrogens is 6. The molecule has 0 aliphatic heterocycles. The van der Waals surface area contributed by atoms with Crippen LogP contribution in [0.2, 0.25) is 0 Å². The maximum atomic E-state index is 14.0. The highest BCUT2D eigenvalue weighted by atomic mass is 19.2. The van der Waals surface area contributed by atoms with Crippen LogP contribution >= 0.6 is 0 Å². The molecule has 0 atom stereocenters. The fourth-order valence-corrected chi connectivity index (χ4v) is 3.82. The lowest BCUT2D eigenvalue weighted by atomic mass is 10.1. The van der Waals surface area contributed by atoms with E-state index in [1.54, 1.807) is 23.3 Å². The summed E-state index contributed by atoms with van der Waals surface area (Å²) in [6.45, 7) is 3.97. The molecule has 5 rings (SSSR count). The van der Waals surface area contributed by atoms with Gasteiger partial charge in [0.25, 0.3) is 0 Å². The second-order valence-electron chi connectivity index (χ2n) is 8.92.